The zero-order valence-electron chi connectivity index (χ0n) is 17.4. The Labute approximate surface area is 182 Å². The first-order valence-corrected chi connectivity index (χ1v) is 10.5. The fourth-order valence-corrected chi connectivity index (χ4v) is 3.76. The van der Waals surface area contributed by atoms with Crippen molar-refractivity contribution in [3.8, 4) is 11.5 Å². The number of aryl methyl sites for hydroxylation is 1. The van der Waals surface area contributed by atoms with Crippen molar-refractivity contribution in [2.75, 3.05) is 0 Å². The van der Waals surface area contributed by atoms with E-state index in [4.69, 9.17) is 9.47 Å². The summed E-state index contributed by atoms with van der Waals surface area (Å²) in [5.41, 5.74) is 2.78. The first-order valence-electron chi connectivity index (χ1n) is 10.5. The second-order valence-corrected chi connectivity index (χ2v) is 7.64. The number of rotatable bonds is 6. The molecule has 0 spiro atoms. The van der Waals surface area contributed by atoms with Gasteiger partial charge in [0.05, 0.1) is 11.6 Å². The van der Waals surface area contributed by atoms with E-state index in [1.54, 1.807) is 31.2 Å². The summed E-state index contributed by atoms with van der Waals surface area (Å²) in [6, 6.07) is 24.2. The lowest BCUT2D eigenvalue weighted by atomic mass is 9.87. The Bertz CT molecular complexity index is 1050. The van der Waals surface area contributed by atoms with Crippen molar-refractivity contribution in [3.63, 3.8) is 0 Å². The molecule has 0 radical (unpaired) electrons. The van der Waals surface area contributed by atoms with Crippen LogP contribution in [0.3, 0.4) is 0 Å². The van der Waals surface area contributed by atoms with E-state index in [-0.39, 0.29) is 11.9 Å². The summed E-state index contributed by atoms with van der Waals surface area (Å²) < 4.78 is 11.1. The largest absolute Gasteiger partial charge is 0.457 e. The van der Waals surface area contributed by atoms with Gasteiger partial charge in [-0.1, -0.05) is 42.5 Å². The minimum atomic E-state index is -0.887. The van der Waals surface area contributed by atoms with Crippen molar-refractivity contribution in [1.82, 2.24) is 5.32 Å². The smallest absolute Gasteiger partial charge is 0.338 e. The van der Waals surface area contributed by atoms with E-state index in [1.165, 1.54) is 5.56 Å². The topological polar surface area (TPSA) is 64.6 Å². The van der Waals surface area contributed by atoms with Crippen LogP contribution in [0.4, 0.5) is 0 Å². The van der Waals surface area contributed by atoms with Gasteiger partial charge in [0.15, 0.2) is 6.10 Å². The lowest BCUT2D eigenvalue weighted by Crippen LogP contribution is -2.39. The SMILES string of the molecule is C[C@@H](OC(=O)c1ccc(Oc2ccccc2)cc1)C(=O)N[C@@H]1CCCc2ccccc21. The highest BCUT2D eigenvalue weighted by Crippen LogP contribution is 2.29. The highest BCUT2D eigenvalue weighted by atomic mass is 16.5. The maximum Gasteiger partial charge on any atom is 0.338 e. The van der Waals surface area contributed by atoms with Crippen molar-refractivity contribution >= 4 is 11.9 Å². The highest BCUT2D eigenvalue weighted by molar-refractivity contribution is 5.92. The third kappa shape index (κ3) is 5.12. The number of amides is 1. The summed E-state index contributed by atoms with van der Waals surface area (Å²) in [6.07, 6.45) is 2.04. The van der Waals surface area contributed by atoms with Gasteiger partial charge in [-0.3, -0.25) is 4.79 Å². The Balaban J connectivity index is 1.33. The number of ether oxygens (including phenoxy) is 2. The number of carbonyl (C=O) groups is 2. The van der Waals surface area contributed by atoms with E-state index in [2.05, 4.69) is 17.4 Å². The molecule has 1 aliphatic carbocycles. The number of nitrogens with one attached hydrogen (secondary N) is 1. The Morgan fingerprint density at radius 2 is 1.58 bits per heavy atom. The average Bonchev–Trinajstić information content (AvgIpc) is 2.80. The second kappa shape index (κ2) is 9.47. The number of carbonyl (C=O) groups excluding carboxylic acids is 2. The van der Waals surface area contributed by atoms with Crippen LogP contribution >= 0.6 is 0 Å². The van der Waals surface area contributed by atoms with Crippen molar-refractivity contribution in [2.24, 2.45) is 0 Å². The van der Waals surface area contributed by atoms with E-state index in [1.807, 2.05) is 42.5 Å². The molecular weight excluding hydrogens is 390 g/mol. The van der Waals surface area contributed by atoms with Crippen LogP contribution in [-0.2, 0) is 16.0 Å². The van der Waals surface area contributed by atoms with Gasteiger partial charge < -0.3 is 14.8 Å². The second-order valence-electron chi connectivity index (χ2n) is 7.64. The van der Waals surface area contributed by atoms with Crippen molar-refractivity contribution in [3.05, 3.63) is 95.6 Å². The van der Waals surface area contributed by atoms with Crippen molar-refractivity contribution in [2.45, 2.75) is 38.3 Å². The van der Waals surface area contributed by atoms with E-state index in [9.17, 15) is 9.59 Å². The molecule has 4 rings (SSSR count). The van der Waals surface area contributed by atoms with Gasteiger partial charge in [0.2, 0.25) is 0 Å². The van der Waals surface area contributed by atoms with Gasteiger partial charge in [-0.2, -0.15) is 0 Å². The average molecular weight is 415 g/mol. The Kier molecular flexibility index (Phi) is 6.32. The van der Waals surface area contributed by atoms with Crippen LogP contribution in [0.25, 0.3) is 0 Å². The third-order valence-electron chi connectivity index (χ3n) is 5.41. The predicted octanol–water partition coefficient (Wildman–Crippen LogP) is 5.22. The van der Waals surface area contributed by atoms with Gasteiger partial charge in [0.25, 0.3) is 5.91 Å². The molecule has 5 nitrogen and oxygen atoms in total. The van der Waals surface area contributed by atoms with Crippen molar-refractivity contribution in [1.29, 1.82) is 0 Å². The van der Waals surface area contributed by atoms with Crippen LogP contribution < -0.4 is 10.1 Å². The number of para-hydroxylation sites is 1. The monoisotopic (exact) mass is 415 g/mol. The summed E-state index contributed by atoms with van der Waals surface area (Å²) in [4.78, 5) is 25.1. The number of esters is 1. The molecule has 0 aliphatic heterocycles. The summed E-state index contributed by atoms with van der Waals surface area (Å²) in [6.45, 7) is 1.59. The maximum atomic E-state index is 12.6. The normalized spacial score (nSPS) is 16.0. The molecule has 0 saturated heterocycles. The first-order chi connectivity index (χ1) is 15.1. The van der Waals surface area contributed by atoms with E-state index >= 15 is 0 Å². The van der Waals surface area contributed by atoms with Crippen LogP contribution in [0.1, 0.15) is 47.3 Å². The summed E-state index contributed by atoms with van der Waals surface area (Å²) in [5.74, 6) is 0.494. The quantitative estimate of drug-likeness (QED) is 0.561. The number of hydrogen-bond donors (Lipinski definition) is 1. The molecule has 1 N–H and O–H groups in total. The molecule has 158 valence electrons. The number of hydrogen-bond acceptors (Lipinski definition) is 4. The third-order valence-corrected chi connectivity index (χ3v) is 5.41. The molecule has 0 bridgehead atoms. The molecule has 0 fully saturated rings. The Morgan fingerprint density at radius 1 is 0.903 bits per heavy atom. The lowest BCUT2D eigenvalue weighted by Gasteiger charge is -2.27. The molecule has 0 saturated carbocycles. The number of benzene rings is 3. The minimum absolute atomic E-state index is 0.0481. The van der Waals surface area contributed by atoms with Crippen LogP contribution in [0.15, 0.2) is 78.9 Å². The van der Waals surface area contributed by atoms with Gasteiger partial charge in [0.1, 0.15) is 11.5 Å². The van der Waals surface area contributed by atoms with E-state index in [0.717, 1.165) is 24.8 Å². The van der Waals surface area contributed by atoms with E-state index < -0.39 is 12.1 Å². The molecule has 31 heavy (non-hydrogen) atoms. The first kappa shape index (κ1) is 20.7. The van der Waals surface area contributed by atoms with Crippen LogP contribution in [0, 0.1) is 0 Å². The number of fused-ring (bicyclic) bond motifs is 1. The minimum Gasteiger partial charge on any atom is -0.457 e. The summed E-state index contributed by atoms with van der Waals surface area (Å²) in [5, 5.41) is 3.03. The molecule has 1 amide bonds. The lowest BCUT2D eigenvalue weighted by molar-refractivity contribution is -0.130. The maximum absolute atomic E-state index is 12.6. The summed E-state index contributed by atoms with van der Waals surface area (Å²) >= 11 is 0. The molecule has 0 heterocycles. The van der Waals surface area contributed by atoms with E-state index in [0.29, 0.717) is 17.1 Å². The molecule has 1 aliphatic rings. The van der Waals surface area contributed by atoms with Crippen molar-refractivity contribution < 1.29 is 19.1 Å². The Hall–Kier alpha value is -3.60. The van der Waals surface area contributed by atoms with Gasteiger partial charge in [-0.05, 0) is 73.7 Å². The Morgan fingerprint density at radius 3 is 2.35 bits per heavy atom. The van der Waals surface area contributed by atoms with Gasteiger partial charge in [-0.15, -0.1) is 0 Å². The molecule has 3 aromatic carbocycles. The zero-order chi connectivity index (χ0) is 21.6. The van der Waals surface area contributed by atoms with Crippen LogP contribution in [-0.4, -0.2) is 18.0 Å². The van der Waals surface area contributed by atoms with Crippen LogP contribution in [0.5, 0.6) is 11.5 Å². The molecule has 2 atom stereocenters. The zero-order valence-corrected chi connectivity index (χ0v) is 17.4. The highest BCUT2D eigenvalue weighted by Gasteiger charge is 2.25. The molecular formula is C26H25NO4. The fourth-order valence-electron chi connectivity index (χ4n) is 3.76. The summed E-state index contributed by atoms with van der Waals surface area (Å²) in [7, 11) is 0. The predicted molar refractivity (Wildman–Crippen MR) is 118 cm³/mol. The standard InChI is InChI=1S/C26H25NO4/c1-18(25(28)27-24-13-7-9-19-8-5-6-12-23(19)24)30-26(29)20-14-16-22(17-15-20)31-21-10-3-2-4-11-21/h2-6,8,10-12,14-18,24H,7,9,13H2,1H3,(H,27,28)/t18-,24-/m1/s1. The fraction of sp³-hybridized carbons (Fsp3) is 0.231. The molecule has 0 aromatic heterocycles. The van der Waals surface area contributed by atoms with Crippen LogP contribution in [0.2, 0.25) is 0 Å². The molecule has 0 unspecified atom stereocenters. The van der Waals surface area contributed by atoms with Gasteiger partial charge in [-0.25, -0.2) is 4.79 Å². The van der Waals surface area contributed by atoms with Gasteiger partial charge >= 0.3 is 5.97 Å². The molecule has 3 aromatic rings. The molecule has 5 heteroatoms. The van der Waals surface area contributed by atoms with Gasteiger partial charge in [0, 0.05) is 0 Å².